The van der Waals surface area contributed by atoms with E-state index in [9.17, 15) is 4.39 Å². The Kier molecular flexibility index (Phi) is 3.01. The van der Waals surface area contributed by atoms with E-state index >= 15 is 0 Å². The normalized spacial score (nSPS) is 10.6. The summed E-state index contributed by atoms with van der Waals surface area (Å²) >= 11 is 5.49. The fraction of sp³-hybridized carbons (Fsp3) is 0. The summed E-state index contributed by atoms with van der Waals surface area (Å²) in [6, 6.07) is 4.06. The van der Waals surface area contributed by atoms with Gasteiger partial charge in [-0.25, -0.2) is 9.38 Å². The summed E-state index contributed by atoms with van der Waals surface area (Å²) in [5.41, 5.74) is 1.78. The third kappa shape index (κ3) is 2.18. The van der Waals surface area contributed by atoms with Gasteiger partial charge in [-0.2, -0.15) is 0 Å². The Balaban J connectivity index is 2.94. The van der Waals surface area contributed by atoms with Crippen LogP contribution in [0.25, 0.3) is 0 Å². The molecule has 0 aromatic heterocycles. The Morgan fingerprint density at radius 2 is 2.33 bits per heavy atom. The van der Waals surface area contributed by atoms with Gasteiger partial charge in [-0.15, -0.1) is 0 Å². The molecule has 2 N–H and O–H groups in total. The van der Waals surface area contributed by atoms with Crippen LogP contribution < -0.4 is 5.48 Å². The molecular formula is C7H6ClFN2O. The SMILES string of the molecule is ONC=Nc1ccc(Cl)cc1F. The van der Waals surface area contributed by atoms with Gasteiger partial charge in [-0.3, -0.25) is 10.7 Å². The minimum atomic E-state index is -0.533. The summed E-state index contributed by atoms with van der Waals surface area (Å²) in [6.07, 6.45) is 0.965. The van der Waals surface area contributed by atoms with E-state index in [1.165, 1.54) is 12.1 Å². The van der Waals surface area contributed by atoms with E-state index in [1.807, 2.05) is 0 Å². The van der Waals surface area contributed by atoms with Gasteiger partial charge in [0.1, 0.15) is 17.8 Å². The molecule has 0 heterocycles. The summed E-state index contributed by atoms with van der Waals surface area (Å²) in [4.78, 5) is 3.55. The second-order valence-electron chi connectivity index (χ2n) is 1.98. The summed E-state index contributed by atoms with van der Waals surface area (Å²) < 4.78 is 12.9. The number of benzene rings is 1. The Morgan fingerprint density at radius 1 is 1.58 bits per heavy atom. The minimum Gasteiger partial charge on any atom is -0.290 e. The number of hydrogen-bond acceptors (Lipinski definition) is 2. The van der Waals surface area contributed by atoms with Crippen LogP contribution in [0.1, 0.15) is 0 Å². The molecule has 0 aliphatic carbocycles. The summed E-state index contributed by atoms with van der Waals surface area (Å²) in [5, 5.41) is 8.43. The first-order valence-corrected chi connectivity index (χ1v) is 3.49. The topological polar surface area (TPSA) is 44.6 Å². The molecule has 0 aliphatic rings. The number of nitrogens with zero attached hydrogens (tertiary/aromatic N) is 1. The van der Waals surface area contributed by atoms with E-state index in [2.05, 4.69) is 4.99 Å². The van der Waals surface area contributed by atoms with Crippen LogP contribution in [-0.2, 0) is 0 Å². The van der Waals surface area contributed by atoms with Gasteiger partial charge in [0.25, 0.3) is 0 Å². The predicted molar refractivity (Wildman–Crippen MR) is 44.5 cm³/mol. The maximum absolute atomic E-state index is 12.9. The first-order chi connectivity index (χ1) is 5.74. The number of hydroxylamine groups is 1. The predicted octanol–water partition coefficient (Wildman–Crippen LogP) is 2.12. The zero-order valence-corrected chi connectivity index (χ0v) is 6.72. The molecular weight excluding hydrogens is 183 g/mol. The van der Waals surface area contributed by atoms with E-state index in [0.717, 1.165) is 12.4 Å². The number of halogens is 2. The molecule has 12 heavy (non-hydrogen) atoms. The fourth-order valence-electron chi connectivity index (χ4n) is 0.684. The molecule has 1 aromatic carbocycles. The van der Waals surface area contributed by atoms with Crippen molar-refractivity contribution in [1.29, 1.82) is 0 Å². The second-order valence-corrected chi connectivity index (χ2v) is 2.42. The fourth-order valence-corrected chi connectivity index (χ4v) is 0.843. The van der Waals surface area contributed by atoms with Crippen LogP contribution >= 0.6 is 11.6 Å². The number of hydrogen-bond donors (Lipinski definition) is 2. The van der Waals surface area contributed by atoms with Crippen molar-refractivity contribution in [3.05, 3.63) is 29.0 Å². The molecule has 0 spiro atoms. The monoisotopic (exact) mass is 188 g/mol. The lowest BCUT2D eigenvalue weighted by Gasteiger charge is -1.95. The van der Waals surface area contributed by atoms with Crippen LogP contribution in [0, 0.1) is 5.82 Å². The smallest absolute Gasteiger partial charge is 0.150 e. The lowest BCUT2D eigenvalue weighted by Crippen LogP contribution is -2.01. The minimum absolute atomic E-state index is 0.112. The molecule has 0 amide bonds. The van der Waals surface area contributed by atoms with Crippen molar-refractivity contribution in [3.8, 4) is 0 Å². The second kappa shape index (κ2) is 4.04. The number of nitrogens with one attached hydrogen (secondary N) is 1. The van der Waals surface area contributed by atoms with Gasteiger partial charge in [-0.05, 0) is 18.2 Å². The highest BCUT2D eigenvalue weighted by molar-refractivity contribution is 6.30. The van der Waals surface area contributed by atoms with Gasteiger partial charge < -0.3 is 0 Å². The van der Waals surface area contributed by atoms with Crippen molar-refractivity contribution in [1.82, 2.24) is 5.48 Å². The van der Waals surface area contributed by atoms with E-state index in [0.29, 0.717) is 5.02 Å². The van der Waals surface area contributed by atoms with Crippen LogP contribution in [0.5, 0.6) is 0 Å². The van der Waals surface area contributed by atoms with Crippen LogP contribution in [0.3, 0.4) is 0 Å². The van der Waals surface area contributed by atoms with Crippen molar-refractivity contribution in [2.75, 3.05) is 0 Å². The third-order valence-corrected chi connectivity index (χ3v) is 1.41. The Labute approximate surface area is 73.5 Å². The molecule has 0 aliphatic heterocycles. The molecule has 0 saturated carbocycles. The maximum Gasteiger partial charge on any atom is 0.150 e. The van der Waals surface area contributed by atoms with Gasteiger partial charge in [0.2, 0.25) is 0 Å². The lowest BCUT2D eigenvalue weighted by atomic mass is 10.3. The Bertz CT molecular complexity index is 303. The zero-order chi connectivity index (χ0) is 8.97. The van der Waals surface area contributed by atoms with Crippen molar-refractivity contribution in [3.63, 3.8) is 0 Å². The molecule has 0 atom stereocenters. The largest absolute Gasteiger partial charge is 0.290 e. The quantitative estimate of drug-likeness (QED) is 0.424. The van der Waals surface area contributed by atoms with Crippen molar-refractivity contribution >= 4 is 23.6 Å². The zero-order valence-electron chi connectivity index (χ0n) is 5.96. The molecule has 0 unspecified atom stereocenters. The summed E-state index contributed by atoms with van der Waals surface area (Å²) in [7, 11) is 0. The summed E-state index contributed by atoms with van der Waals surface area (Å²) in [5.74, 6) is -0.533. The number of aliphatic imine (C=N–C) groups is 1. The highest BCUT2D eigenvalue weighted by atomic mass is 35.5. The molecule has 0 bridgehead atoms. The highest BCUT2D eigenvalue weighted by Crippen LogP contribution is 2.20. The van der Waals surface area contributed by atoms with Gasteiger partial charge in [-0.1, -0.05) is 11.6 Å². The van der Waals surface area contributed by atoms with E-state index in [4.69, 9.17) is 16.8 Å². The van der Waals surface area contributed by atoms with E-state index in [-0.39, 0.29) is 5.69 Å². The molecule has 0 fully saturated rings. The van der Waals surface area contributed by atoms with Crippen molar-refractivity contribution in [2.45, 2.75) is 0 Å². The first kappa shape index (κ1) is 8.96. The van der Waals surface area contributed by atoms with E-state index < -0.39 is 5.82 Å². The average molecular weight is 189 g/mol. The first-order valence-electron chi connectivity index (χ1n) is 3.11. The lowest BCUT2D eigenvalue weighted by molar-refractivity contribution is 0.240. The molecule has 64 valence electrons. The standard InChI is InChI=1S/C7H6ClFN2O/c8-5-1-2-7(6(9)3-5)10-4-11-12/h1-4,12H,(H,10,11). The van der Waals surface area contributed by atoms with Gasteiger partial charge >= 0.3 is 0 Å². The van der Waals surface area contributed by atoms with Crippen molar-refractivity contribution < 1.29 is 9.60 Å². The molecule has 1 aromatic rings. The Hall–Kier alpha value is -1.13. The molecule has 0 radical (unpaired) electrons. The molecule has 3 nitrogen and oxygen atoms in total. The summed E-state index contributed by atoms with van der Waals surface area (Å²) in [6.45, 7) is 0. The van der Waals surface area contributed by atoms with Crippen LogP contribution in [0.15, 0.2) is 23.2 Å². The van der Waals surface area contributed by atoms with Crippen LogP contribution in [-0.4, -0.2) is 11.5 Å². The van der Waals surface area contributed by atoms with Crippen LogP contribution in [0.4, 0.5) is 10.1 Å². The molecule has 5 heteroatoms. The third-order valence-electron chi connectivity index (χ3n) is 1.17. The van der Waals surface area contributed by atoms with Gasteiger partial charge in [0.15, 0.2) is 0 Å². The van der Waals surface area contributed by atoms with Gasteiger partial charge in [0, 0.05) is 5.02 Å². The average Bonchev–Trinajstić information content (AvgIpc) is 2.03. The van der Waals surface area contributed by atoms with Crippen LogP contribution in [0.2, 0.25) is 5.02 Å². The highest BCUT2D eigenvalue weighted by Gasteiger charge is 1.99. The molecule has 1 rings (SSSR count). The van der Waals surface area contributed by atoms with Crippen molar-refractivity contribution in [2.24, 2.45) is 4.99 Å². The molecule has 0 saturated heterocycles. The number of rotatable bonds is 2. The maximum atomic E-state index is 12.9. The van der Waals surface area contributed by atoms with Gasteiger partial charge in [0.05, 0.1) is 0 Å². The Morgan fingerprint density at radius 3 is 2.92 bits per heavy atom. The van der Waals surface area contributed by atoms with E-state index in [1.54, 1.807) is 5.48 Å².